The third-order valence-corrected chi connectivity index (χ3v) is 4.59. The van der Waals surface area contributed by atoms with E-state index >= 15 is 0 Å². The van der Waals surface area contributed by atoms with Crippen molar-refractivity contribution in [3.63, 3.8) is 0 Å². The first-order valence-corrected chi connectivity index (χ1v) is 9.54. The van der Waals surface area contributed by atoms with E-state index in [2.05, 4.69) is 42.8 Å². The van der Waals surface area contributed by atoms with Gasteiger partial charge in [0.1, 0.15) is 0 Å². The van der Waals surface area contributed by atoms with Crippen LogP contribution in [0.4, 0.5) is 0 Å². The van der Waals surface area contributed by atoms with Crippen molar-refractivity contribution in [1.82, 2.24) is 0 Å². The maximum atomic E-state index is 5.95. The van der Waals surface area contributed by atoms with Crippen molar-refractivity contribution in [2.75, 3.05) is 13.2 Å². The van der Waals surface area contributed by atoms with Gasteiger partial charge in [0, 0.05) is 4.47 Å². The predicted molar refractivity (Wildman–Crippen MR) is 98.2 cm³/mol. The van der Waals surface area contributed by atoms with Gasteiger partial charge in [-0.05, 0) is 37.5 Å². The van der Waals surface area contributed by atoms with Crippen molar-refractivity contribution in [3.8, 4) is 11.5 Å². The summed E-state index contributed by atoms with van der Waals surface area (Å²) in [6, 6.07) is 4.11. The molecule has 0 aliphatic rings. The van der Waals surface area contributed by atoms with E-state index in [4.69, 9.17) is 9.47 Å². The monoisotopic (exact) mass is 370 g/mol. The van der Waals surface area contributed by atoms with Crippen molar-refractivity contribution in [2.24, 2.45) is 0 Å². The number of benzene rings is 1. The lowest BCUT2D eigenvalue weighted by Gasteiger charge is -2.14. The summed E-state index contributed by atoms with van der Waals surface area (Å²) in [5.41, 5.74) is 1.18. The average molecular weight is 371 g/mol. The normalized spacial score (nSPS) is 10.7. The summed E-state index contributed by atoms with van der Waals surface area (Å²) in [5, 5.41) is 0. The summed E-state index contributed by atoms with van der Waals surface area (Å²) in [6.07, 6.45) is 9.75. The fourth-order valence-corrected chi connectivity index (χ4v) is 2.61. The van der Waals surface area contributed by atoms with Gasteiger partial charge in [-0.25, -0.2) is 0 Å². The highest BCUT2D eigenvalue weighted by Gasteiger charge is 2.09. The molecule has 1 aromatic carbocycles. The second-order valence-electron chi connectivity index (χ2n) is 5.87. The molecular formula is C19H31BrO2. The minimum absolute atomic E-state index is 0.766. The number of hydrogen-bond donors (Lipinski definition) is 0. The summed E-state index contributed by atoms with van der Waals surface area (Å²) in [7, 11) is 0. The molecular weight excluding hydrogens is 340 g/mol. The molecule has 0 atom stereocenters. The van der Waals surface area contributed by atoms with E-state index in [-0.39, 0.29) is 0 Å². The van der Waals surface area contributed by atoms with Crippen LogP contribution in [0.5, 0.6) is 11.5 Å². The van der Waals surface area contributed by atoms with Gasteiger partial charge in [-0.2, -0.15) is 0 Å². The number of rotatable bonds is 12. The van der Waals surface area contributed by atoms with Gasteiger partial charge in [0.2, 0.25) is 0 Å². The molecule has 0 aliphatic carbocycles. The van der Waals surface area contributed by atoms with Crippen LogP contribution < -0.4 is 9.47 Å². The summed E-state index contributed by atoms with van der Waals surface area (Å²) in [5.74, 6) is 1.75. The molecule has 2 nitrogen and oxygen atoms in total. The Kier molecular flexibility index (Phi) is 10.4. The third kappa shape index (κ3) is 7.53. The Bertz CT molecular complexity index is 379. The van der Waals surface area contributed by atoms with Crippen LogP contribution in [0.15, 0.2) is 16.6 Å². The topological polar surface area (TPSA) is 18.5 Å². The molecule has 0 saturated carbocycles. The van der Waals surface area contributed by atoms with E-state index in [1.165, 1.54) is 44.1 Å². The summed E-state index contributed by atoms with van der Waals surface area (Å²) in [4.78, 5) is 0. The van der Waals surface area contributed by atoms with Gasteiger partial charge < -0.3 is 9.47 Å². The smallest absolute Gasteiger partial charge is 0.162 e. The van der Waals surface area contributed by atoms with E-state index in [1.807, 2.05) is 6.07 Å². The van der Waals surface area contributed by atoms with Gasteiger partial charge in [0.05, 0.1) is 13.2 Å². The Labute approximate surface area is 144 Å². The molecule has 0 radical (unpaired) electrons. The Hall–Kier alpha value is -0.700. The summed E-state index contributed by atoms with van der Waals surface area (Å²) >= 11 is 3.58. The van der Waals surface area contributed by atoms with Crippen molar-refractivity contribution in [1.29, 1.82) is 0 Å². The van der Waals surface area contributed by atoms with Crippen LogP contribution in [0.2, 0.25) is 0 Å². The van der Waals surface area contributed by atoms with Crippen molar-refractivity contribution >= 4 is 15.9 Å². The fourth-order valence-electron chi connectivity index (χ4n) is 2.28. The van der Waals surface area contributed by atoms with E-state index < -0.39 is 0 Å². The second-order valence-corrected chi connectivity index (χ2v) is 6.72. The molecule has 0 saturated heterocycles. The molecule has 0 unspecified atom stereocenters. The van der Waals surface area contributed by atoms with Crippen molar-refractivity contribution in [2.45, 2.75) is 72.1 Å². The molecule has 0 heterocycles. The van der Waals surface area contributed by atoms with Gasteiger partial charge in [0.15, 0.2) is 11.5 Å². The molecule has 0 aliphatic heterocycles. The van der Waals surface area contributed by atoms with Gasteiger partial charge in [-0.1, -0.05) is 68.3 Å². The average Bonchev–Trinajstić information content (AvgIpc) is 2.51. The molecule has 0 aromatic heterocycles. The highest BCUT2D eigenvalue weighted by Crippen LogP contribution is 2.33. The third-order valence-electron chi connectivity index (χ3n) is 3.74. The predicted octanol–water partition coefficient (Wildman–Crippen LogP) is 6.68. The van der Waals surface area contributed by atoms with Crippen LogP contribution in [0.1, 0.15) is 70.8 Å². The van der Waals surface area contributed by atoms with E-state index in [9.17, 15) is 0 Å². The molecule has 0 spiro atoms. The number of aryl methyl sites for hydroxylation is 1. The molecule has 0 fully saturated rings. The van der Waals surface area contributed by atoms with Crippen LogP contribution in [-0.4, -0.2) is 13.2 Å². The Morgan fingerprint density at radius 2 is 1.27 bits per heavy atom. The Morgan fingerprint density at radius 1 is 0.773 bits per heavy atom. The van der Waals surface area contributed by atoms with E-state index in [0.717, 1.165) is 42.0 Å². The quantitative estimate of drug-likeness (QED) is 0.382. The first-order valence-electron chi connectivity index (χ1n) is 8.74. The van der Waals surface area contributed by atoms with Crippen molar-refractivity contribution in [3.05, 3.63) is 22.2 Å². The van der Waals surface area contributed by atoms with Crippen LogP contribution >= 0.6 is 15.9 Å². The first kappa shape index (κ1) is 19.3. The van der Waals surface area contributed by atoms with Crippen LogP contribution in [0.3, 0.4) is 0 Å². The van der Waals surface area contributed by atoms with Gasteiger partial charge >= 0.3 is 0 Å². The van der Waals surface area contributed by atoms with Gasteiger partial charge in [0.25, 0.3) is 0 Å². The molecule has 0 N–H and O–H groups in total. The maximum absolute atomic E-state index is 5.95. The standard InChI is InChI=1S/C19H31BrO2/c1-4-6-8-10-12-21-18-14-16(3)17(20)15-19(18)22-13-11-9-7-5-2/h14-15H,4-13H2,1-3H3. The summed E-state index contributed by atoms with van der Waals surface area (Å²) in [6.45, 7) is 8.07. The van der Waals surface area contributed by atoms with Crippen molar-refractivity contribution < 1.29 is 9.47 Å². The number of unbranched alkanes of at least 4 members (excludes halogenated alkanes) is 6. The highest BCUT2D eigenvalue weighted by atomic mass is 79.9. The molecule has 1 rings (SSSR count). The molecule has 1 aromatic rings. The molecule has 126 valence electrons. The van der Waals surface area contributed by atoms with Gasteiger partial charge in [-0.15, -0.1) is 0 Å². The SMILES string of the molecule is CCCCCCOc1cc(C)c(Br)cc1OCCCCCC. The zero-order valence-corrected chi connectivity index (χ0v) is 16.0. The zero-order valence-electron chi connectivity index (χ0n) is 14.4. The minimum atomic E-state index is 0.766. The first-order chi connectivity index (χ1) is 10.7. The second kappa shape index (κ2) is 11.8. The molecule has 22 heavy (non-hydrogen) atoms. The molecule has 0 amide bonds. The molecule has 3 heteroatoms. The summed E-state index contributed by atoms with van der Waals surface area (Å²) < 4.78 is 13.0. The minimum Gasteiger partial charge on any atom is -0.490 e. The number of ether oxygens (including phenoxy) is 2. The Balaban J connectivity index is 2.51. The lowest BCUT2D eigenvalue weighted by Crippen LogP contribution is -2.03. The molecule has 0 bridgehead atoms. The van der Waals surface area contributed by atoms with Crippen LogP contribution in [-0.2, 0) is 0 Å². The van der Waals surface area contributed by atoms with Gasteiger partial charge in [-0.3, -0.25) is 0 Å². The lowest BCUT2D eigenvalue weighted by atomic mass is 10.2. The van der Waals surface area contributed by atoms with Crippen LogP contribution in [0.25, 0.3) is 0 Å². The number of halogens is 1. The number of hydrogen-bond acceptors (Lipinski definition) is 2. The zero-order chi connectivity index (χ0) is 16.2. The largest absolute Gasteiger partial charge is 0.490 e. The van der Waals surface area contributed by atoms with E-state index in [1.54, 1.807) is 0 Å². The van der Waals surface area contributed by atoms with Crippen LogP contribution in [0, 0.1) is 6.92 Å². The lowest BCUT2D eigenvalue weighted by molar-refractivity contribution is 0.258. The Morgan fingerprint density at radius 3 is 1.77 bits per heavy atom. The maximum Gasteiger partial charge on any atom is 0.162 e. The highest BCUT2D eigenvalue weighted by molar-refractivity contribution is 9.10. The fraction of sp³-hybridized carbons (Fsp3) is 0.684. The van der Waals surface area contributed by atoms with E-state index in [0.29, 0.717) is 0 Å².